The minimum absolute atomic E-state index is 0.505. The van der Waals surface area contributed by atoms with Crippen molar-refractivity contribution >= 4 is 17.2 Å². The highest BCUT2D eigenvalue weighted by Gasteiger charge is 2.30. The molecule has 0 amide bonds. The number of hydrogen-bond donors (Lipinski definition) is 1. The van der Waals surface area contributed by atoms with Gasteiger partial charge < -0.3 is 10.6 Å². The van der Waals surface area contributed by atoms with Crippen LogP contribution in [0.15, 0.2) is 35.7 Å². The Bertz CT molecular complexity index is 506. The van der Waals surface area contributed by atoms with Crippen LogP contribution in [0.3, 0.4) is 0 Å². The van der Waals surface area contributed by atoms with Gasteiger partial charge in [-0.15, -0.1) is 11.3 Å². The van der Waals surface area contributed by atoms with Crippen molar-refractivity contribution < 1.29 is 0 Å². The highest BCUT2D eigenvalue weighted by molar-refractivity contribution is 7.09. The van der Waals surface area contributed by atoms with E-state index in [1.165, 1.54) is 17.7 Å². The van der Waals surface area contributed by atoms with Crippen LogP contribution < -0.4 is 10.6 Å². The smallest absolute Gasteiger partial charge is 0.129 e. The topological polar surface area (TPSA) is 42.1 Å². The largest absolute Gasteiger partial charge is 0.348 e. The van der Waals surface area contributed by atoms with Crippen molar-refractivity contribution in [2.75, 3.05) is 4.90 Å². The van der Waals surface area contributed by atoms with E-state index in [0.717, 1.165) is 18.1 Å². The van der Waals surface area contributed by atoms with Crippen LogP contribution in [0.4, 0.5) is 5.82 Å². The van der Waals surface area contributed by atoms with Gasteiger partial charge in [0, 0.05) is 17.5 Å². The predicted molar refractivity (Wildman–Crippen MR) is 75.7 cm³/mol. The van der Waals surface area contributed by atoms with Crippen LogP contribution in [0.2, 0.25) is 0 Å². The summed E-state index contributed by atoms with van der Waals surface area (Å²) in [6.07, 6.45) is 2.56. The molecule has 1 saturated carbocycles. The SMILES string of the molecule is NCc1cccc(N(Cc2cccs2)C2CC2)n1. The summed E-state index contributed by atoms with van der Waals surface area (Å²) in [5.74, 6) is 1.06. The molecule has 2 aromatic heterocycles. The average Bonchev–Trinajstić information content (AvgIpc) is 3.13. The zero-order chi connectivity index (χ0) is 12.4. The number of pyridine rings is 1. The van der Waals surface area contributed by atoms with Crippen molar-refractivity contribution in [2.24, 2.45) is 5.73 Å². The minimum atomic E-state index is 0.505. The number of nitrogens with zero attached hydrogens (tertiary/aromatic N) is 2. The van der Waals surface area contributed by atoms with E-state index in [1.807, 2.05) is 12.1 Å². The van der Waals surface area contributed by atoms with Crippen molar-refractivity contribution in [3.05, 3.63) is 46.3 Å². The number of anilines is 1. The molecule has 2 N–H and O–H groups in total. The molecular weight excluding hydrogens is 242 g/mol. The Balaban J connectivity index is 1.84. The van der Waals surface area contributed by atoms with Gasteiger partial charge in [0.25, 0.3) is 0 Å². The molecule has 0 radical (unpaired) electrons. The van der Waals surface area contributed by atoms with Crippen LogP contribution in [-0.4, -0.2) is 11.0 Å². The van der Waals surface area contributed by atoms with Gasteiger partial charge in [0.1, 0.15) is 5.82 Å². The molecule has 2 heterocycles. The predicted octanol–water partition coefficient (Wildman–Crippen LogP) is 2.77. The summed E-state index contributed by atoms with van der Waals surface area (Å²) >= 11 is 1.81. The number of nitrogens with two attached hydrogens (primary N) is 1. The van der Waals surface area contributed by atoms with Gasteiger partial charge in [0.2, 0.25) is 0 Å². The van der Waals surface area contributed by atoms with E-state index >= 15 is 0 Å². The number of aromatic nitrogens is 1. The lowest BCUT2D eigenvalue weighted by molar-refractivity contribution is 0.779. The van der Waals surface area contributed by atoms with Crippen LogP contribution in [-0.2, 0) is 13.1 Å². The maximum Gasteiger partial charge on any atom is 0.129 e. The lowest BCUT2D eigenvalue weighted by Gasteiger charge is -2.23. The molecule has 0 spiro atoms. The van der Waals surface area contributed by atoms with Gasteiger partial charge in [-0.1, -0.05) is 12.1 Å². The first-order valence-electron chi connectivity index (χ1n) is 6.32. The van der Waals surface area contributed by atoms with Gasteiger partial charge in [0.05, 0.1) is 12.2 Å². The van der Waals surface area contributed by atoms with Crippen LogP contribution in [0, 0.1) is 0 Å². The molecule has 4 heteroatoms. The van der Waals surface area contributed by atoms with Crippen molar-refractivity contribution in [1.29, 1.82) is 0 Å². The quantitative estimate of drug-likeness (QED) is 0.897. The van der Waals surface area contributed by atoms with Crippen molar-refractivity contribution in [1.82, 2.24) is 4.98 Å². The molecule has 18 heavy (non-hydrogen) atoms. The third kappa shape index (κ3) is 2.54. The van der Waals surface area contributed by atoms with Crippen molar-refractivity contribution in [3.63, 3.8) is 0 Å². The van der Waals surface area contributed by atoms with Gasteiger partial charge in [-0.25, -0.2) is 4.98 Å². The molecule has 94 valence electrons. The molecule has 0 aromatic carbocycles. The second kappa shape index (κ2) is 5.08. The van der Waals surface area contributed by atoms with E-state index in [1.54, 1.807) is 11.3 Å². The van der Waals surface area contributed by atoms with Crippen LogP contribution in [0.1, 0.15) is 23.4 Å². The van der Waals surface area contributed by atoms with Gasteiger partial charge in [0.15, 0.2) is 0 Å². The van der Waals surface area contributed by atoms with Gasteiger partial charge in [-0.2, -0.15) is 0 Å². The third-order valence-corrected chi connectivity index (χ3v) is 4.05. The van der Waals surface area contributed by atoms with Gasteiger partial charge >= 0.3 is 0 Å². The summed E-state index contributed by atoms with van der Waals surface area (Å²) in [4.78, 5) is 8.44. The molecule has 0 atom stereocenters. The summed E-state index contributed by atoms with van der Waals surface area (Å²) in [7, 11) is 0. The molecule has 3 nitrogen and oxygen atoms in total. The van der Waals surface area contributed by atoms with E-state index in [9.17, 15) is 0 Å². The van der Waals surface area contributed by atoms with Gasteiger partial charge in [-0.3, -0.25) is 0 Å². The maximum atomic E-state index is 5.67. The summed E-state index contributed by atoms with van der Waals surface area (Å²) in [5.41, 5.74) is 6.63. The fraction of sp³-hybridized carbons (Fsp3) is 0.357. The second-order valence-electron chi connectivity index (χ2n) is 4.63. The maximum absolute atomic E-state index is 5.67. The molecule has 2 aromatic rings. The Morgan fingerprint density at radius 1 is 1.28 bits per heavy atom. The normalized spacial score (nSPS) is 14.7. The lowest BCUT2D eigenvalue weighted by Crippen LogP contribution is -2.25. The first-order chi connectivity index (χ1) is 8.86. The van der Waals surface area contributed by atoms with E-state index in [2.05, 4.69) is 33.5 Å². The summed E-state index contributed by atoms with van der Waals surface area (Å²) in [6.45, 7) is 1.47. The standard InChI is InChI=1S/C14H17N3S/c15-9-11-3-1-5-14(16-11)17(12-6-7-12)10-13-4-2-8-18-13/h1-5,8,12H,6-7,9-10,15H2. The Morgan fingerprint density at radius 3 is 2.83 bits per heavy atom. The van der Waals surface area contributed by atoms with E-state index in [-0.39, 0.29) is 0 Å². The fourth-order valence-corrected chi connectivity index (χ4v) is 2.80. The lowest BCUT2D eigenvalue weighted by atomic mass is 10.3. The third-order valence-electron chi connectivity index (χ3n) is 3.19. The first-order valence-corrected chi connectivity index (χ1v) is 7.20. The molecule has 1 aliphatic carbocycles. The minimum Gasteiger partial charge on any atom is -0.348 e. The second-order valence-corrected chi connectivity index (χ2v) is 5.66. The Kier molecular flexibility index (Phi) is 3.30. The highest BCUT2D eigenvalue weighted by atomic mass is 32.1. The number of rotatable bonds is 5. The molecule has 0 saturated heterocycles. The zero-order valence-electron chi connectivity index (χ0n) is 10.2. The van der Waals surface area contributed by atoms with Crippen LogP contribution in [0.5, 0.6) is 0 Å². The molecule has 0 unspecified atom stereocenters. The molecule has 3 rings (SSSR count). The van der Waals surface area contributed by atoms with Crippen LogP contribution >= 0.6 is 11.3 Å². The summed E-state index contributed by atoms with van der Waals surface area (Å²) in [6, 6.07) is 11.1. The van der Waals surface area contributed by atoms with E-state index < -0.39 is 0 Å². The fourth-order valence-electron chi connectivity index (χ4n) is 2.09. The van der Waals surface area contributed by atoms with Crippen molar-refractivity contribution in [3.8, 4) is 0 Å². The monoisotopic (exact) mass is 259 g/mol. The Morgan fingerprint density at radius 2 is 2.17 bits per heavy atom. The van der Waals surface area contributed by atoms with E-state index in [0.29, 0.717) is 12.6 Å². The first kappa shape index (κ1) is 11.7. The Hall–Kier alpha value is -1.39. The number of thiophene rings is 1. The molecule has 0 bridgehead atoms. The highest BCUT2D eigenvalue weighted by Crippen LogP contribution is 2.32. The summed E-state index contributed by atoms with van der Waals surface area (Å²) in [5, 5.41) is 2.13. The molecular formula is C14H17N3S. The molecule has 1 fully saturated rings. The molecule has 1 aliphatic rings. The van der Waals surface area contributed by atoms with Crippen molar-refractivity contribution in [2.45, 2.75) is 32.0 Å². The van der Waals surface area contributed by atoms with Crippen LogP contribution in [0.25, 0.3) is 0 Å². The van der Waals surface area contributed by atoms with Gasteiger partial charge in [-0.05, 0) is 36.4 Å². The zero-order valence-corrected chi connectivity index (χ0v) is 11.1. The number of hydrogen-bond acceptors (Lipinski definition) is 4. The van der Waals surface area contributed by atoms with E-state index in [4.69, 9.17) is 5.73 Å². The molecule has 0 aliphatic heterocycles. The Labute approximate surface area is 111 Å². The average molecular weight is 259 g/mol. The summed E-state index contributed by atoms with van der Waals surface area (Å²) < 4.78 is 0.